The van der Waals surface area contributed by atoms with E-state index >= 15 is 0 Å². The van der Waals surface area contributed by atoms with Crippen LogP contribution in [0.25, 0.3) is 0 Å². The van der Waals surface area contributed by atoms with E-state index in [4.69, 9.17) is 11.6 Å². The molecule has 0 aliphatic carbocycles. The summed E-state index contributed by atoms with van der Waals surface area (Å²) in [6.45, 7) is 1.29. The second-order valence-corrected chi connectivity index (χ2v) is 4.74. The fraction of sp³-hybridized carbons (Fsp3) is 0.273. The van der Waals surface area contributed by atoms with Gasteiger partial charge in [0.05, 0.1) is 10.7 Å². The van der Waals surface area contributed by atoms with Gasteiger partial charge >= 0.3 is 0 Å². The van der Waals surface area contributed by atoms with E-state index in [1.807, 2.05) is 0 Å². The highest BCUT2D eigenvalue weighted by Gasteiger charge is 2.20. The predicted octanol–water partition coefficient (Wildman–Crippen LogP) is 2.20. The van der Waals surface area contributed by atoms with E-state index in [0.717, 1.165) is 0 Å². The van der Waals surface area contributed by atoms with Crippen LogP contribution in [0.4, 0.5) is 5.69 Å². The van der Waals surface area contributed by atoms with Crippen LogP contribution in [0.5, 0.6) is 0 Å². The number of halogens is 1. The highest BCUT2D eigenvalue weighted by Crippen LogP contribution is 2.20. The molecule has 2 amide bonds. The second kappa shape index (κ2) is 7.75. The van der Waals surface area contributed by atoms with E-state index in [1.165, 1.54) is 6.92 Å². The van der Waals surface area contributed by atoms with Gasteiger partial charge in [-0.3, -0.25) is 9.59 Å². The summed E-state index contributed by atoms with van der Waals surface area (Å²) in [6, 6.07) is 5.87. The number of hydrogen-bond donors (Lipinski definition) is 2. The van der Waals surface area contributed by atoms with Gasteiger partial charge in [-0.15, -0.1) is 4.91 Å². The number of nitrogens with zero attached hydrogens (tertiary/aromatic N) is 1. The third-order valence-corrected chi connectivity index (χ3v) is 3.04. The summed E-state index contributed by atoms with van der Waals surface area (Å²) in [7, 11) is 0. The Labute approximate surface area is 119 Å². The molecule has 2 N–H and O–H groups in total. The predicted molar refractivity (Wildman–Crippen MR) is 75.9 cm³/mol. The fourth-order valence-corrected chi connectivity index (χ4v) is 1.94. The number of rotatable bonds is 6. The number of amides is 2. The Hall–Kier alpha value is -1.60. The molecule has 102 valence electrons. The van der Waals surface area contributed by atoms with Crippen molar-refractivity contribution in [2.24, 2.45) is 4.58 Å². The Balaban J connectivity index is 2.73. The molecule has 0 aromatic heterocycles. The molecule has 0 radical (unpaired) electrons. The summed E-state index contributed by atoms with van der Waals surface area (Å²) in [4.78, 5) is 33.0. The van der Waals surface area contributed by atoms with Gasteiger partial charge in [0.15, 0.2) is 0 Å². The first-order valence-corrected chi connectivity index (χ1v) is 6.63. The topological polar surface area (TPSA) is 87.6 Å². The Bertz CT molecular complexity index is 484. The average molecular weight is 302 g/mol. The van der Waals surface area contributed by atoms with Crippen molar-refractivity contribution >= 4 is 41.1 Å². The molecule has 0 saturated carbocycles. The van der Waals surface area contributed by atoms with Crippen LogP contribution in [0.2, 0.25) is 5.02 Å². The van der Waals surface area contributed by atoms with Gasteiger partial charge in [-0.05, 0) is 12.1 Å². The highest BCUT2D eigenvalue weighted by atomic mass is 35.5. The lowest BCUT2D eigenvalue weighted by Crippen LogP contribution is -2.44. The summed E-state index contributed by atoms with van der Waals surface area (Å²) in [5.41, 5.74) is 0.439. The molecule has 1 atom stereocenters. The zero-order valence-electron chi connectivity index (χ0n) is 10.1. The smallest absolute Gasteiger partial charge is 0.247 e. The maximum Gasteiger partial charge on any atom is 0.247 e. The summed E-state index contributed by atoms with van der Waals surface area (Å²) < 4.78 is 2.60. The van der Waals surface area contributed by atoms with E-state index in [1.54, 1.807) is 24.3 Å². The highest BCUT2D eigenvalue weighted by molar-refractivity contribution is 7.97. The summed E-state index contributed by atoms with van der Waals surface area (Å²) in [5.74, 6) is -0.774. The standard InChI is InChI=1S/C11H12ClN3O3S/c1-7(16)13-10(6-19-15-18)11(17)14-9-5-3-2-4-8(9)12/h2-5,10H,6H2,1H3,(H,13,16)(H,14,17). The molecule has 0 saturated heterocycles. The van der Waals surface area contributed by atoms with E-state index < -0.39 is 11.9 Å². The molecule has 0 bridgehead atoms. The molecule has 0 fully saturated rings. The van der Waals surface area contributed by atoms with Crippen molar-refractivity contribution in [2.45, 2.75) is 13.0 Å². The molecule has 1 aromatic rings. The van der Waals surface area contributed by atoms with Gasteiger partial charge in [-0.1, -0.05) is 23.7 Å². The Morgan fingerprint density at radius 2 is 2.11 bits per heavy atom. The monoisotopic (exact) mass is 301 g/mol. The summed E-state index contributed by atoms with van der Waals surface area (Å²) in [5, 5.41) is 5.41. The molecule has 1 rings (SSSR count). The third-order valence-electron chi connectivity index (χ3n) is 2.12. The molecule has 0 aliphatic rings. The lowest BCUT2D eigenvalue weighted by atomic mass is 10.2. The number of carbonyl (C=O) groups excluding carboxylic acids is 2. The largest absolute Gasteiger partial charge is 0.344 e. The molecule has 0 aliphatic heterocycles. The van der Waals surface area contributed by atoms with Gasteiger partial charge in [0.1, 0.15) is 6.04 Å². The van der Waals surface area contributed by atoms with E-state index in [0.29, 0.717) is 22.7 Å². The number of nitroso groups, excluding NO2 is 1. The van der Waals surface area contributed by atoms with Gasteiger partial charge < -0.3 is 10.6 Å². The Morgan fingerprint density at radius 1 is 1.42 bits per heavy atom. The van der Waals surface area contributed by atoms with Crippen molar-refractivity contribution < 1.29 is 9.59 Å². The van der Waals surface area contributed by atoms with Crippen LogP contribution in [-0.4, -0.2) is 23.6 Å². The lowest BCUT2D eigenvalue weighted by Gasteiger charge is -2.16. The summed E-state index contributed by atoms with van der Waals surface area (Å²) in [6.07, 6.45) is 0. The van der Waals surface area contributed by atoms with E-state index in [-0.39, 0.29) is 11.7 Å². The van der Waals surface area contributed by atoms with Gasteiger partial charge in [-0.2, -0.15) is 0 Å². The first-order valence-electron chi connectivity index (χ1n) is 5.31. The maximum absolute atomic E-state index is 12.0. The Kier molecular flexibility index (Phi) is 6.31. The quantitative estimate of drug-likeness (QED) is 0.623. The van der Waals surface area contributed by atoms with Crippen molar-refractivity contribution in [3.63, 3.8) is 0 Å². The molecule has 8 heteroatoms. The molecule has 1 unspecified atom stereocenters. The van der Waals surface area contributed by atoms with E-state index in [2.05, 4.69) is 15.2 Å². The van der Waals surface area contributed by atoms with Gasteiger partial charge in [0.25, 0.3) is 0 Å². The minimum Gasteiger partial charge on any atom is -0.344 e. The zero-order valence-corrected chi connectivity index (χ0v) is 11.6. The summed E-state index contributed by atoms with van der Waals surface area (Å²) >= 11 is 6.57. The molecule has 0 heterocycles. The average Bonchev–Trinajstić information content (AvgIpc) is 2.36. The molecule has 1 aromatic carbocycles. The molecule has 0 spiro atoms. The Morgan fingerprint density at radius 3 is 2.68 bits per heavy atom. The van der Waals surface area contributed by atoms with Gasteiger partial charge in [-0.25, -0.2) is 0 Å². The third kappa shape index (κ3) is 5.27. The first kappa shape index (κ1) is 15.5. The van der Waals surface area contributed by atoms with Crippen LogP contribution in [0.3, 0.4) is 0 Å². The number of nitrogens with one attached hydrogen (secondary N) is 2. The lowest BCUT2D eigenvalue weighted by molar-refractivity contribution is -0.124. The normalized spacial score (nSPS) is 11.5. The van der Waals surface area contributed by atoms with Crippen LogP contribution < -0.4 is 10.6 Å². The van der Waals surface area contributed by atoms with Crippen molar-refractivity contribution in [1.82, 2.24) is 5.32 Å². The molecule has 6 nitrogen and oxygen atoms in total. The minimum absolute atomic E-state index is 0.0549. The fourth-order valence-electron chi connectivity index (χ4n) is 1.32. The molecule has 19 heavy (non-hydrogen) atoms. The maximum atomic E-state index is 12.0. The van der Waals surface area contributed by atoms with Crippen LogP contribution >= 0.6 is 23.5 Å². The van der Waals surface area contributed by atoms with Crippen LogP contribution in [-0.2, 0) is 9.59 Å². The first-order chi connectivity index (χ1) is 9.04. The number of carbonyl (C=O) groups is 2. The number of para-hydroxylation sites is 1. The number of benzene rings is 1. The van der Waals surface area contributed by atoms with Crippen molar-refractivity contribution in [3.05, 3.63) is 34.2 Å². The SMILES string of the molecule is CC(=O)NC(CSN=O)C(=O)Nc1ccccc1Cl. The van der Waals surface area contributed by atoms with Gasteiger partial charge in [0, 0.05) is 29.2 Å². The number of hydrogen-bond acceptors (Lipinski definition) is 5. The molecular formula is C11H12ClN3O3S. The van der Waals surface area contributed by atoms with E-state index in [9.17, 15) is 14.5 Å². The second-order valence-electron chi connectivity index (χ2n) is 3.59. The number of anilines is 1. The zero-order chi connectivity index (χ0) is 14.3. The molecular weight excluding hydrogens is 290 g/mol. The van der Waals surface area contributed by atoms with Crippen LogP contribution in [0, 0.1) is 4.91 Å². The van der Waals surface area contributed by atoms with Crippen molar-refractivity contribution in [1.29, 1.82) is 0 Å². The van der Waals surface area contributed by atoms with Crippen LogP contribution in [0.1, 0.15) is 6.92 Å². The van der Waals surface area contributed by atoms with Crippen molar-refractivity contribution in [2.75, 3.05) is 11.1 Å². The van der Waals surface area contributed by atoms with Crippen LogP contribution in [0.15, 0.2) is 28.8 Å². The van der Waals surface area contributed by atoms with Gasteiger partial charge in [0.2, 0.25) is 11.8 Å². The minimum atomic E-state index is -0.850. The van der Waals surface area contributed by atoms with Crippen molar-refractivity contribution in [3.8, 4) is 0 Å².